The first kappa shape index (κ1) is 29.3. The Bertz CT molecular complexity index is 658. The van der Waals surface area contributed by atoms with E-state index in [1.807, 2.05) is 6.92 Å². The molecule has 0 aliphatic heterocycles. The first-order chi connectivity index (χ1) is 14.9. The molecule has 0 saturated heterocycles. The number of carboxylic acid groups (broad SMARTS) is 2. The van der Waals surface area contributed by atoms with E-state index >= 15 is 0 Å². The number of hydrogen-bond acceptors (Lipinski definition) is 7. The Morgan fingerprint density at radius 1 is 0.875 bits per heavy atom. The molecular weight excluding hydrogens is 422 g/mol. The molecule has 0 heterocycles. The van der Waals surface area contributed by atoms with E-state index in [2.05, 4.69) is 16.0 Å². The van der Waals surface area contributed by atoms with Gasteiger partial charge >= 0.3 is 11.9 Å². The van der Waals surface area contributed by atoms with Gasteiger partial charge in [-0.2, -0.15) is 0 Å². The average Bonchev–Trinajstić information content (AvgIpc) is 2.73. The lowest BCUT2D eigenvalue weighted by atomic mass is 9.97. The zero-order valence-electron chi connectivity index (χ0n) is 18.9. The zero-order valence-corrected chi connectivity index (χ0v) is 18.9. The number of nitrogens with one attached hydrogen (secondary N) is 3. The fourth-order valence-corrected chi connectivity index (χ4v) is 2.77. The van der Waals surface area contributed by atoms with Crippen molar-refractivity contribution in [1.29, 1.82) is 0 Å². The first-order valence-electron chi connectivity index (χ1n) is 10.8. The maximum absolute atomic E-state index is 12.9. The molecule has 184 valence electrons. The Balaban J connectivity index is 5.37. The molecule has 12 heteroatoms. The van der Waals surface area contributed by atoms with Crippen LogP contribution in [0.4, 0.5) is 0 Å². The summed E-state index contributed by atoms with van der Waals surface area (Å²) in [5, 5.41) is 25.2. The normalized spacial score (nSPS) is 15.5. The molecule has 0 aromatic heterocycles. The highest BCUT2D eigenvalue weighted by molar-refractivity contribution is 5.94. The second kappa shape index (κ2) is 15.1. The highest BCUT2D eigenvalue weighted by atomic mass is 16.4. The molecule has 0 rings (SSSR count). The summed E-state index contributed by atoms with van der Waals surface area (Å²) in [6.07, 6.45) is 1.51. The van der Waals surface area contributed by atoms with Crippen molar-refractivity contribution in [3.63, 3.8) is 0 Å². The van der Waals surface area contributed by atoms with Gasteiger partial charge in [0, 0.05) is 6.42 Å². The van der Waals surface area contributed by atoms with Crippen molar-refractivity contribution in [2.24, 2.45) is 17.4 Å². The number of hydrogen-bond donors (Lipinski definition) is 7. The standard InChI is InChI=1S/C20H37N5O7/c1-4-11(2)16(19(30)23-12(3)20(31)32)25-18(29)14(7-5-6-10-21)24-17(28)13(22)8-9-15(26)27/h11-14,16H,4-10,21-22H2,1-3H3,(H,23,30)(H,24,28)(H,25,29)(H,26,27)(H,31,32). The molecule has 0 fully saturated rings. The van der Waals surface area contributed by atoms with Crippen LogP contribution < -0.4 is 27.4 Å². The van der Waals surface area contributed by atoms with Crippen molar-refractivity contribution in [1.82, 2.24) is 16.0 Å². The second-order valence-electron chi connectivity index (χ2n) is 7.82. The molecule has 12 nitrogen and oxygen atoms in total. The number of nitrogens with two attached hydrogens (primary N) is 2. The molecule has 0 aromatic rings. The van der Waals surface area contributed by atoms with Gasteiger partial charge in [0.25, 0.3) is 0 Å². The van der Waals surface area contributed by atoms with Crippen LogP contribution in [-0.4, -0.2) is 70.6 Å². The summed E-state index contributed by atoms with van der Waals surface area (Å²) in [6, 6.07) is -4.27. The Kier molecular flexibility index (Phi) is 13.8. The molecule has 0 spiro atoms. The number of unbranched alkanes of at least 4 members (excludes halogenated alkanes) is 1. The predicted molar refractivity (Wildman–Crippen MR) is 116 cm³/mol. The lowest BCUT2D eigenvalue weighted by Crippen LogP contribution is -2.58. The summed E-state index contributed by atoms with van der Waals surface area (Å²) >= 11 is 0. The maximum Gasteiger partial charge on any atom is 0.325 e. The molecule has 0 radical (unpaired) electrons. The van der Waals surface area contributed by atoms with Gasteiger partial charge < -0.3 is 37.6 Å². The first-order valence-corrected chi connectivity index (χ1v) is 10.8. The van der Waals surface area contributed by atoms with Crippen LogP contribution in [0.1, 0.15) is 59.3 Å². The molecule has 0 saturated carbocycles. The summed E-state index contributed by atoms with van der Waals surface area (Å²) in [5.41, 5.74) is 11.2. The minimum atomic E-state index is -1.21. The monoisotopic (exact) mass is 459 g/mol. The van der Waals surface area contributed by atoms with Crippen LogP contribution >= 0.6 is 0 Å². The van der Waals surface area contributed by atoms with Crippen molar-refractivity contribution in [3.8, 4) is 0 Å². The quantitative estimate of drug-likeness (QED) is 0.139. The van der Waals surface area contributed by atoms with E-state index in [0.717, 1.165) is 0 Å². The molecule has 0 aromatic carbocycles. The molecular formula is C20H37N5O7. The molecule has 32 heavy (non-hydrogen) atoms. The van der Waals surface area contributed by atoms with Gasteiger partial charge in [-0.05, 0) is 45.1 Å². The van der Waals surface area contributed by atoms with Gasteiger partial charge in [-0.1, -0.05) is 20.3 Å². The van der Waals surface area contributed by atoms with E-state index in [9.17, 15) is 24.0 Å². The minimum absolute atomic E-state index is 0.0940. The highest BCUT2D eigenvalue weighted by Crippen LogP contribution is 2.10. The second-order valence-corrected chi connectivity index (χ2v) is 7.82. The predicted octanol–water partition coefficient (Wildman–Crippen LogP) is -1.09. The molecule has 5 atom stereocenters. The van der Waals surface area contributed by atoms with E-state index in [1.165, 1.54) is 6.92 Å². The third-order valence-electron chi connectivity index (χ3n) is 5.11. The lowest BCUT2D eigenvalue weighted by Gasteiger charge is -2.27. The third-order valence-corrected chi connectivity index (χ3v) is 5.11. The number of carbonyl (C=O) groups is 5. The van der Waals surface area contributed by atoms with E-state index < -0.39 is 53.8 Å². The van der Waals surface area contributed by atoms with Crippen molar-refractivity contribution in [2.75, 3.05) is 6.54 Å². The SMILES string of the molecule is CCC(C)C(NC(=O)C(CCCCN)NC(=O)C(N)CCC(=O)O)C(=O)NC(C)C(=O)O. The zero-order chi connectivity index (χ0) is 24.8. The highest BCUT2D eigenvalue weighted by Gasteiger charge is 2.31. The van der Waals surface area contributed by atoms with E-state index in [1.54, 1.807) is 6.92 Å². The van der Waals surface area contributed by atoms with Gasteiger partial charge in [-0.25, -0.2) is 0 Å². The van der Waals surface area contributed by atoms with Gasteiger partial charge in [-0.15, -0.1) is 0 Å². The van der Waals surface area contributed by atoms with E-state index in [4.69, 9.17) is 21.7 Å². The van der Waals surface area contributed by atoms with Gasteiger partial charge in [0.05, 0.1) is 6.04 Å². The van der Waals surface area contributed by atoms with Crippen molar-refractivity contribution < 1.29 is 34.2 Å². The van der Waals surface area contributed by atoms with Gasteiger partial charge in [0.1, 0.15) is 18.1 Å². The Morgan fingerprint density at radius 3 is 2.00 bits per heavy atom. The number of carbonyl (C=O) groups excluding carboxylic acids is 3. The molecule has 3 amide bonds. The molecule has 0 aliphatic carbocycles. The molecule has 9 N–H and O–H groups in total. The number of amides is 3. The number of rotatable bonds is 16. The van der Waals surface area contributed by atoms with Crippen LogP contribution in [0.25, 0.3) is 0 Å². The molecule has 5 unspecified atom stereocenters. The summed E-state index contributed by atoms with van der Waals surface area (Å²) < 4.78 is 0. The molecule has 0 bridgehead atoms. The third kappa shape index (κ3) is 11.0. The summed E-state index contributed by atoms with van der Waals surface area (Å²) in [7, 11) is 0. The Labute approximate surface area is 187 Å². The van der Waals surface area contributed by atoms with E-state index in [-0.39, 0.29) is 25.2 Å². The van der Waals surface area contributed by atoms with Gasteiger partial charge in [0.15, 0.2) is 0 Å². The maximum atomic E-state index is 12.9. The number of aliphatic carboxylic acids is 2. The average molecular weight is 460 g/mol. The van der Waals surface area contributed by atoms with Crippen LogP contribution in [0, 0.1) is 5.92 Å². The summed E-state index contributed by atoms with van der Waals surface area (Å²) in [4.78, 5) is 59.6. The summed E-state index contributed by atoms with van der Waals surface area (Å²) in [6.45, 7) is 5.26. The topological polar surface area (TPSA) is 214 Å². The van der Waals surface area contributed by atoms with Crippen LogP contribution in [-0.2, 0) is 24.0 Å². The van der Waals surface area contributed by atoms with Crippen LogP contribution in [0.2, 0.25) is 0 Å². The lowest BCUT2D eigenvalue weighted by molar-refractivity contribution is -0.142. The van der Waals surface area contributed by atoms with Gasteiger partial charge in [0.2, 0.25) is 17.7 Å². The van der Waals surface area contributed by atoms with Crippen LogP contribution in [0.15, 0.2) is 0 Å². The van der Waals surface area contributed by atoms with Crippen LogP contribution in [0.5, 0.6) is 0 Å². The Morgan fingerprint density at radius 2 is 1.50 bits per heavy atom. The minimum Gasteiger partial charge on any atom is -0.481 e. The largest absolute Gasteiger partial charge is 0.481 e. The van der Waals surface area contributed by atoms with E-state index in [0.29, 0.717) is 25.8 Å². The number of carboxylic acids is 2. The molecule has 0 aliphatic rings. The van der Waals surface area contributed by atoms with Crippen molar-refractivity contribution in [2.45, 2.75) is 83.5 Å². The fraction of sp³-hybridized carbons (Fsp3) is 0.750. The fourth-order valence-electron chi connectivity index (χ4n) is 2.77. The van der Waals surface area contributed by atoms with Crippen molar-refractivity contribution >= 4 is 29.7 Å². The van der Waals surface area contributed by atoms with Crippen LogP contribution in [0.3, 0.4) is 0 Å². The van der Waals surface area contributed by atoms with Gasteiger partial charge in [-0.3, -0.25) is 24.0 Å². The summed E-state index contributed by atoms with van der Waals surface area (Å²) in [5.74, 6) is -4.56. The smallest absolute Gasteiger partial charge is 0.325 e. The van der Waals surface area contributed by atoms with Crippen molar-refractivity contribution in [3.05, 3.63) is 0 Å². The Hall–Kier alpha value is -2.73.